The maximum atomic E-state index is 11.9. The van der Waals surface area contributed by atoms with Crippen LogP contribution in [-0.2, 0) is 48.5 Å². The van der Waals surface area contributed by atoms with Crippen molar-refractivity contribution in [1.29, 1.82) is 0 Å². The lowest BCUT2D eigenvalue weighted by Crippen LogP contribution is -2.60. The van der Waals surface area contributed by atoms with Crippen LogP contribution in [-0.4, -0.2) is 452 Å². The third-order valence-electron chi connectivity index (χ3n) is 27.2. The number of carboxylic acids is 1. The number of nitrogens with two attached hydrogens (primary N) is 1. The van der Waals surface area contributed by atoms with Crippen molar-refractivity contribution >= 4 is 36.4 Å². The molecule has 2 aromatic rings. The number of β-amino-alcohol motifs (C(OH)–C–C–N with tert-alkyl or cyclic N) is 6. The molecule has 11 rings (SSSR count). The van der Waals surface area contributed by atoms with Crippen LogP contribution in [0.5, 0.6) is 0 Å². The number of benzene rings is 2. The largest absolute Gasteiger partial charge is 0.480 e. The van der Waals surface area contributed by atoms with Gasteiger partial charge in [-0.15, -0.1) is 0 Å². The van der Waals surface area contributed by atoms with Gasteiger partial charge in [0.1, 0.15) is 11.3 Å². The normalized spacial score (nSPS) is 21.5. The highest BCUT2D eigenvalue weighted by Gasteiger charge is 2.59. The van der Waals surface area contributed by atoms with E-state index in [0.717, 1.165) is 177 Å². The average molecular weight is 2230 g/mol. The zero-order valence-electron chi connectivity index (χ0n) is 96.1. The Bertz CT molecular complexity index is 3880. The first-order valence-corrected chi connectivity index (χ1v) is 62.1. The van der Waals surface area contributed by atoms with E-state index in [1.807, 2.05) is 65.8 Å². The van der Waals surface area contributed by atoms with Crippen LogP contribution in [0.15, 0.2) is 48.5 Å². The number of fused-ring (bicyclic) bond motifs is 1. The number of rotatable bonds is 44. The van der Waals surface area contributed by atoms with Gasteiger partial charge in [0.15, 0.2) is 0 Å². The molecule has 2 aromatic carbocycles. The van der Waals surface area contributed by atoms with E-state index in [1.165, 1.54) is 58.7 Å². The summed E-state index contributed by atoms with van der Waals surface area (Å²) in [6.45, 7) is 78.9. The first kappa shape index (κ1) is 146. The molecular formula is C107H217N13O26P4. The number of piperidine rings is 2. The number of nitrogens with zero attached hydrogens (tertiary/aromatic N) is 9. The monoisotopic (exact) mass is 2220 g/mol. The van der Waals surface area contributed by atoms with Gasteiger partial charge in [0.2, 0.25) is 0 Å². The van der Waals surface area contributed by atoms with Crippen molar-refractivity contribution in [2.45, 2.75) is 270 Å². The van der Waals surface area contributed by atoms with E-state index in [9.17, 15) is 78.8 Å². The average Bonchev–Trinajstić information content (AvgIpc) is 1.58. The highest BCUT2D eigenvalue weighted by atomic mass is 31.2. The van der Waals surface area contributed by atoms with Crippen LogP contribution in [0.25, 0.3) is 0 Å². The molecule has 39 nitrogen and oxygen atoms in total. The van der Waals surface area contributed by atoms with Gasteiger partial charge in [-0.1, -0.05) is 201 Å². The van der Waals surface area contributed by atoms with E-state index >= 15 is 0 Å². The Morgan fingerprint density at radius 2 is 0.780 bits per heavy atom. The lowest BCUT2D eigenvalue weighted by atomic mass is 9.80. The van der Waals surface area contributed by atoms with Gasteiger partial charge in [0, 0.05) is 187 Å². The Morgan fingerprint density at radius 1 is 0.420 bits per heavy atom. The first-order valence-electron chi connectivity index (χ1n) is 55.5. The number of carboxylic acid groups (broad SMARTS) is 1. The second kappa shape index (κ2) is 74.2. The summed E-state index contributed by atoms with van der Waals surface area (Å²) in [6.07, 6.45) is 3.19. The van der Waals surface area contributed by atoms with E-state index in [4.69, 9.17) is 55.5 Å². The Kier molecular flexibility index (Phi) is 72.0. The number of hydrogen-bond donors (Lipinski definition) is 25. The van der Waals surface area contributed by atoms with Crippen LogP contribution in [0.1, 0.15) is 220 Å². The van der Waals surface area contributed by atoms with Crippen LogP contribution < -0.4 is 21.7 Å². The van der Waals surface area contributed by atoms with E-state index in [-0.39, 0.29) is 55.9 Å². The third kappa shape index (κ3) is 61.4. The molecule has 0 radical (unpaired) electrons. The molecule has 9 aliphatic rings. The first-order chi connectivity index (χ1) is 69.7. The number of nitrogens with one attached hydrogen (secondary N) is 3. The molecule has 26 N–H and O–H groups in total. The zero-order chi connectivity index (χ0) is 114. The summed E-state index contributed by atoms with van der Waals surface area (Å²) in [5.41, 5.74) is 8.53. The van der Waals surface area contributed by atoms with Crippen LogP contribution in [0.3, 0.4) is 0 Å². The minimum absolute atomic E-state index is 0.0411. The van der Waals surface area contributed by atoms with Crippen LogP contribution in [0, 0.1) is 87.8 Å². The van der Waals surface area contributed by atoms with E-state index in [2.05, 4.69) is 171 Å². The van der Waals surface area contributed by atoms with Crippen molar-refractivity contribution in [3.63, 3.8) is 0 Å². The molecule has 43 heteroatoms. The number of aliphatic hydroxyl groups excluding tert-OH is 11. The standard InChI is InChI=1S/C14H22NO5P.C13H20NO3P.C11H23NO2.C10H22N2O.C10H21NO.C9H19NO2.C8H18N2.C8H21NO7P2.2C8H17NO2.C8H17NO/c1-10(2)8-15-13(14(16)17)7-11-3-5-12(6-4-11)9-21(18,19)20;1-10(2)9-14-13(18(15,16)17)7-11-5-3-4-6-12(11)8-13;1-10(2)7-12-5-3-11(8-13,9-14)4-6-12;1-10(2)9-12-5-3-11(4-6-12)7-8-13;1-9(2)7-11-5-3-10(8-12)4-6-11;1-8(2)3-10-4-9(5-10,6-11)7-12;1-7(2)4-10-5-8(3-9)6-10;1-7(2)6-9-5-3-4-8(10,17(11,12)13)18(14,15)16;2*1-6(2)3-9-4-7(10)8(11)5-9;1-7(2)5-9-4-3-8(10)6-9/h3-6,10,13,15H,7-9H2,1-2H3,(H,16,17)(H2,18,19,20);3-6,10,14H,7-9H2,1-2H3,(H2,15,16,17);10,13-14H,3-9H2,1-2H3;10,13H,3-9H2,1-2H3;9-10,12H,3-8H2,1-2H3;8,11-12H,3-7H2,1-2H3;7-8H,3-6,9H2,1-2H3;7,9-10H,3-6H2,1-2H3,(H2,11,12,13)(H2,14,15,16);2*6-8,10-11H,3-5H2,1-2H3;7-8,10H,3-6H2,1-2H3/t13-;;;;;;;;7-,8+;7-,8-;8-/m0........01/s1. The summed E-state index contributed by atoms with van der Waals surface area (Å²) in [5.74, 6) is 7.21. The SMILES string of the molecule is CC(C)CN1CC(CN)C1.CC(C)CN1CC(CO)(CO)C1.CC(C)CN1CCC(CO)(CO)CC1.CC(C)CN1CCC(CO)CC1.CC(C)CN1CCN(CCO)CC1.CC(C)CN1CC[C@@H](O)C1.CC(C)CN1C[C@@H](O)[C@@H](O)C1.CC(C)CN1C[C@H](O)[C@@H](O)C1.CC(C)CNC1(P(=O)(O)O)Cc2ccccc2C1.CC(C)CNCCCC(O)(P(=O)(O)O)P(=O)(O)O.CC(C)CN[C@@H](Cc1ccc(CP(=O)(O)O)cc1)C(=O)O. The minimum atomic E-state index is -5.31. The second-order valence-corrected chi connectivity index (χ2v) is 55.9. The van der Waals surface area contributed by atoms with Crippen molar-refractivity contribution in [3.8, 4) is 0 Å². The van der Waals surface area contributed by atoms with Crippen LogP contribution in [0.4, 0.5) is 0 Å². The van der Waals surface area contributed by atoms with Crippen molar-refractivity contribution < 1.29 is 129 Å². The number of aliphatic carboxylic acids is 1. The van der Waals surface area contributed by atoms with Gasteiger partial charge in [-0.25, -0.2) is 0 Å². The van der Waals surface area contributed by atoms with Gasteiger partial charge >= 0.3 is 36.4 Å². The molecule has 8 heterocycles. The van der Waals surface area contributed by atoms with Gasteiger partial charge in [0.25, 0.3) is 5.08 Å². The highest BCUT2D eigenvalue weighted by molar-refractivity contribution is 7.72. The summed E-state index contributed by atoms with van der Waals surface area (Å²) in [7, 11) is -18.9. The van der Waals surface area contributed by atoms with E-state index in [1.54, 1.807) is 24.3 Å². The molecule has 6 atom stereocenters. The highest BCUT2D eigenvalue weighted by Crippen LogP contribution is 2.69. The molecule has 8 saturated heterocycles. The summed E-state index contributed by atoms with van der Waals surface area (Å²) >= 11 is 0. The van der Waals surface area contributed by atoms with Crippen molar-refractivity contribution in [3.05, 3.63) is 70.8 Å². The molecule has 8 fully saturated rings. The predicted octanol–water partition coefficient (Wildman–Crippen LogP) is 6.36. The molecule has 0 unspecified atom stereocenters. The topological polar surface area (TPSA) is 601 Å². The molecule has 0 amide bonds. The summed E-state index contributed by atoms with van der Waals surface area (Å²) in [5, 5.41) is 123. The fourth-order valence-corrected chi connectivity index (χ4v) is 23.2. The van der Waals surface area contributed by atoms with Crippen molar-refractivity contribution in [2.24, 2.45) is 93.5 Å². The van der Waals surface area contributed by atoms with Gasteiger partial charge in [-0.05, 0) is 203 Å². The zero-order valence-corrected chi connectivity index (χ0v) is 99.6. The molecule has 0 spiro atoms. The molecule has 150 heavy (non-hydrogen) atoms. The fraction of sp³-hybridized carbons (Fsp3) is 0.879. The Balaban J connectivity index is 0.000000831. The number of likely N-dealkylation sites (tertiary alicyclic amines) is 7. The third-order valence-corrected chi connectivity index (χ3v) is 33.5. The maximum absolute atomic E-state index is 11.9. The lowest BCUT2D eigenvalue weighted by molar-refractivity contribution is -0.139. The van der Waals surface area contributed by atoms with Crippen LogP contribution in [0.2, 0.25) is 0 Å². The predicted molar refractivity (Wildman–Crippen MR) is 601 cm³/mol. The van der Waals surface area contributed by atoms with Gasteiger partial charge < -0.3 is 157 Å². The molecular weight excluding hydrogens is 2010 g/mol. The quantitative estimate of drug-likeness (QED) is 0.0253. The molecule has 1 aliphatic carbocycles. The van der Waals surface area contributed by atoms with E-state index < -0.39 is 83.6 Å². The van der Waals surface area contributed by atoms with Crippen molar-refractivity contribution in [2.75, 3.05) is 249 Å². The fourth-order valence-electron chi connectivity index (χ4n) is 19.2. The second-order valence-electron chi connectivity index (χ2n) is 48.3. The Morgan fingerprint density at radius 3 is 1.12 bits per heavy atom. The molecule has 0 saturated carbocycles. The number of carbonyl (C=O) groups is 1. The number of piperazine rings is 1. The van der Waals surface area contributed by atoms with Gasteiger partial charge in [-0.2, -0.15) is 0 Å². The molecule has 886 valence electrons. The maximum Gasteiger partial charge on any atom is 0.369 e. The lowest BCUT2D eigenvalue weighted by Gasteiger charge is -2.48. The number of hydrogen-bond acceptors (Lipinski definition) is 30. The van der Waals surface area contributed by atoms with E-state index in [0.29, 0.717) is 138 Å². The van der Waals surface area contributed by atoms with Crippen LogP contribution >= 0.6 is 30.4 Å². The van der Waals surface area contributed by atoms with Gasteiger partial charge in [-0.3, -0.25) is 37.8 Å². The Hall–Kier alpha value is -2.49. The number of aliphatic hydroxyl groups is 12. The van der Waals surface area contributed by atoms with Crippen molar-refractivity contribution in [1.82, 2.24) is 60.0 Å². The Labute approximate surface area is 903 Å². The summed E-state index contributed by atoms with van der Waals surface area (Å²) in [6, 6.07) is 13.7. The summed E-state index contributed by atoms with van der Waals surface area (Å²) < 4.78 is 44.8. The minimum Gasteiger partial charge on any atom is -0.480 e. The summed E-state index contributed by atoms with van der Waals surface area (Å²) in [4.78, 5) is 105. The molecule has 8 aliphatic heterocycles. The smallest absolute Gasteiger partial charge is 0.369 e. The van der Waals surface area contributed by atoms with Gasteiger partial charge in [0.05, 0.1) is 69.7 Å². The molecule has 0 aromatic heterocycles. The molecule has 0 bridgehead atoms.